The first-order valence-electron chi connectivity index (χ1n) is 8.75. The molecule has 3 N–H and O–H groups in total. The number of benzene rings is 2. The van der Waals surface area contributed by atoms with E-state index in [2.05, 4.69) is 6.92 Å². The Balaban J connectivity index is -0.000000309. The number of rotatable bonds is 8. The van der Waals surface area contributed by atoms with Crippen molar-refractivity contribution in [3.63, 3.8) is 0 Å². The van der Waals surface area contributed by atoms with Crippen LogP contribution in [0.1, 0.15) is 56.6 Å². The molecule has 153 valence electrons. The molecule has 27 heavy (non-hydrogen) atoms. The molecule has 0 aromatic heterocycles. The van der Waals surface area contributed by atoms with E-state index < -0.39 is 0 Å². The van der Waals surface area contributed by atoms with Gasteiger partial charge in [0.05, 0.1) is 12.6 Å². The Labute approximate surface area is 173 Å². The zero-order valence-electron chi connectivity index (χ0n) is 15.8. The molecule has 0 aliphatic carbocycles. The Morgan fingerprint density at radius 1 is 0.704 bits per heavy atom. The number of unbranched alkanes of at least 4 members (excludes halogenated alkanes) is 5. The minimum absolute atomic E-state index is 0. The second-order valence-electron chi connectivity index (χ2n) is 5.43. The average Bonchev–Trinajstić information content (AvgIpc) is 2.70. The number of hydrogen-bond acceptors (Lipinski definition) is 3. The van der Waals surface area contributed by atoms with E-state index in [1.54, 1.807) is 61.1 Å². The molecule has 2 aromatic carbocycles. The summed E-state index contributed by atoms with van der Waals surface area (Å²) in [6.07, 6.45) is 11.0. The van der Waals surface area contributed by atoms with E-state index in [1.165, 1.54) is 32.1 Å². The first-order valence-corrected chi connectivity index (χ1v) is 8.75. The summed E-state index contributed by atoms with van der Waals surface area (Å²) in [5.41, 5.74) is 1.21. The van der Waals surface area contributed by atoms with Crippen LogP contribution in [0.5, 0.6) is 0 Å². The van der Waals surface area contributed by atoms with Crippen molar-refractivity contribution in [3.05, 3.63) is 71.8 Å². The van der Waals surface area contributed by atoms with E-state index in [1.807, 2.05) is 12.1 Å². The number of hydrogen-bond donors (Lipinski definition) is 1. The molecule has 0 heterocycles. The van der Waals surface area contributed by atoms with Crippen molar-refractivity contribution in [2.45, 2.75) is 45.4 Å². The molecule has 0 aliphatic rings. The number of aliphatic hydroxyl groups excluding tert-OH is 1. The van der Waals surface area contributed by atoms with Crippen LogP contribution in [-0.2, 0) is 26.7 Å². The maximum atomic E-state index is 9.88. The summed E-state index contributed by atoms with van der Waals surface area (Å²) in [6.45, 7) is 2.58. The molecule has 0 unspecified atom stereocenters. The van der Waals surface area contributed by atoms with Crippen LogP contribution in [0.3, 0.4) is 0 Å². The van der Waals surface area contributed by atoms with Gasteiger partial charge in [-0.2, -0.15) is 35.4 Å². The predicted molar refractivity (Wildman–Crippen MR) is 107 cm³/mol. The summed E-state index contributed by atoms with van der Waals surface area (Å²) in [5.74, 6) is 0. The van der Waals surface area contributed by atoms with E-state index in [-0.39, 0.29) is 22.5 Å². The van der Waals surface area contributed by atoms with Gasteiger partial charge in [0.15, 0.2) is 0 Å². The van der Waals surface area contributed by atoms with Crippen LogP contribution in [0.15, 0.2) is 60.7 Å². The standard InChI is InChI=1S/C8H18O.2C7H5O.Cu.H2O/c1-2-3-4-5-6-7-8-9;2*8-6-7-4-2-1-3-5-7;;/h9H,2-8H2,1H3;2*1-5H;;1H2/q;2*-1;+2;. The second kappa shape index (κ2) is 24.2. The summed E-state index contributed by atoms with van der Waals surface area (Å²) < 4.78 is 0. The van der Waals surface area contributed by atoms with Gasteiger partial charge in [-0.15, -0.1) is 24.3 Å². The fraction of sp³-hybridized carbons (Fsp3) is 0.364. The maximum absolute atomic E-state index is 9.88. The van der Waals surface area contributed by atoms with E-state index in [0.717, 1.165) is 6.42 Å². The van der Waals surface area contributed by atoms with Crippen LogP contribution in [-0.4, -0.2) is 29.8 Å². The fourth-order valence-electron chi connectivity index (χ4n) is 1.90. The summed E-state index contributed by atoms with van der Waals surface area (Å²) >= 11 is 0. The van der Waals surface area contributed by atoms with Gasteiger partial charge in [-0.25, -0.2) is 0 Å². The van der Waals surface area contributed by atoms with E-state index in [9.17, 15) is 9.59 Å². The molecular formula is C22H30CuO4. The zero-order chi connectivity index (χ0) is 18.6. The van der Waals surface area contributed by atoms with Gasteiger partial charge in [0, 0.05) is 6.61 Å². The van der Waals surface area contributed by atoms with Gasteiger partial charge in [-0.3, -0.25) is 0 Å². The Bertz CT molecular complexity index is 483. The van der Waals surface area contributed by atoms with Gasteiger partial charge in [0.1, 0.15) is 0 Å². The van der Waals surface area contributed by atoms with Crippen LogP contribution in [0.4, 0.5) is 0 Å². The molecule has 0 aliphatic heterocycles. The van der Waals surface area contributed by atoms with Gasteiger partial charge in [-0.1, -0.05) is 51.2 Å². The zero-order valence-corrected chi connectivity index (χ0v) is 16.7. The first-order chi connectivity index (χ1) is 12.3. The van der Waals surface area contributed by atoms with Gasteiger partial charge in [0.2, 0.25) is 0 Å². The van der Waals surface area contributed by atoms with E-state index in [0.29, 0.717) is 17.7 Å². The van der Waals surface area contributed by atoms with Crippen molar-refractivity contribution < 1.29 is 37.2 Å². The van der Waals surface area contributed by atoms with Crippen molar-refractivity contribution in [2.24, 2.45) is 0 Å². The predicted octanol–water partition coefficient (Wildman–Crippen LogP) is 3.80. The molecule has 0 fully saturated rings. The molecule has 0 amide bonds. The monoisotopic (exact) mass is 421 g/mol. The van der Waals surface area contributed by atoms with Gasteiger partial charge in [-0.05, 0) is 6.42 Å². The topological polar surface area (TPSA) is 85.9 Å². The molecular weight excluding hydrogens is 392 g/mol. The minimum atomic E-state index is 0. The molecule has 1 radical (unpaired) electrons. The summed E-state index contributed by atoms with van der Waals surface area (Å²) in [4.78, 5) is 19.8. The third-order valence-corrected chi connectivity index (χ3v) is 3.29. The molecule has 0 saturated heterocycles. The third-order valence-electron chi connectivity index (χ3n) is 3.29. The summed E-state index contributed by atoms with van der Waals surface area (Å²) in [6, 6.07) is 17.8. The normalized spacial score (nSPS) is 8.37. The largest absolute Gasteiger partial charge is 2.00 e. The van der Waals surface area contributed by atoms with Crippen LogP contribution < -0.4 is 0 Å². The molecule has 0 saturated carbocycles. The van der Waals surface area contributed by atoms with Crippen molar-refractivity contribution in [2.75, 3.05) is 6.61 Å². The number of carbonyl (C=O) groups excluding carboxylic acids is 2. The van der Waals surface area contributed by atoms with Gasteiger partial charge in [0.25, 0.3) is 0 Å². The maximum Gasteiger partial charge on any atom is 2.00 e. The summed E-state index contributed by atoms with van der Waals surface area (Å²) in [7, 11) is 0. The second-order valence-corrected chi connectivity index (χ2v) is 5.43. The minimum Gasteiger partial charge on any atom is -0.412 e. The molecule has 0 atom stereocenters. The van der Waals surface area contributed by atoms with E-state index in [4.69, 9.17) is 5.11 Å². The fourth-order valence-corrected chi connectivity index (χ4v) is 1.90. The van der Waals surface area contributed by atoms with Crippen LogP contribution in [0, 0.1) is 0 Å². The van der Waals surface area contributed by atoms with Crippen molar-refractivity contribution >= 4 is 12.6 Å². The summed E-state index contributed by atoms with van der Waals surface area (Å²) in [5, 5.41) is 8.42. The number of aliphatic hydroxyl groups is 1. The van der Waals surface area contributed by atoms with E-state index >= 15 is 0 Å². The van der Waals surface area contributed by atoms with Crippen molar-refractivity contribution in [1.29, 1.82) is 0 Å². The van der Waals surface area contributed by atoms with Gasteiger partial charge >= 0.3 is 17.1 Å². The SMILES string of the molecule is CCCCCCCCO.O.O=[C-]c1ccccc1.O=[C-]c1ccccc1.[Cu+2]. The average molecular weight is 422 g/mol. The molecule has 5 heteroatoms. The van der Waals surface area contributed by atoms with Crippen LogP contribution in [0.2, 0.25) is 0 Å². The smallest absolute Gasteiger partial charge is 0.412 e. The third kappa shape index (κ3) is 20.4. The Hall–Kier alpha value is -1.78. The Morgan fingerprint density at radius 3 is 1.37 bits per heavy atom. The molecule has 2 rings (SSSR count). The quantitative estimate of drug-likeness (QED) is 0.399. The Kier molecular flexibility index (Phi) is 26.9. The van der Waals surface area contributed by atoms with Crippen LogP contribution >= 0.6 is 0 Å². The first kappa shape index (κ1) is 30.0. The molecule has 0 spiro atoms. The molecule has 2 aromatic rings. The van der Waals surface area contributed by atoms with Crippen molar-refractivity contribution in [3.8, 4) is 0 Å². The van der Waals surface area contributed by atoms with Crippen molar-refractivity contribution in [1.82, 2.24) is 0 Å². The molecule has 4 nitrogen and oxygen atoms in total. The van der Waals surface area contributed by atoms with Crippen LogP contribution in [0.25, 0.3) is 0 Å². The Morgan fingerprint density at radius 2 is 1.07 bits per heavy atom. The molecule has 0 bridgehead atoms. The van der Waals surface area contributed by atoms with Gasteiger partial charge < -0.3 is 20.2 Å².